The van der Waals surface area contributed by atoms with E-state index in [0.29, 0.717) is 35.6 Å². The van der Waals surface area contributed by atoms with E-state index in [1.807, 2.05) is 19.1 Å². The largest absolute Gasteiger partial charge is 0.394 e. The molecule has 3 amide bonds. The first-order valence-electron chi connectivity index (χ1n) is 15.5. The predicted octanol–water partition coefficient (Wildman–Crippen LogP) is 5.73. The Morgan fingerprint density at radius 2 is 1.86 bits per heavy atom. The van der Waals surface area contributed by atoms with Crippen LogP contribution >= 0.6 is 0 Å². The lowest BCUT2D eigenvalue weighted by Crippen LogP contribution is -2.44. The van der Waals surface area contributed by atoms with E-state index in [0.717, 1.165) is 31.3 Å². The minimum atomic E-state index is -1.90. The third kappa shape index (κ3) is 7.37. The van der Waals surface area contributed by atoms with Crippen molar-refractivity contribution in [3.63, 3.8) is 0 Å². The van der Waals surface area contributed by atoms with Crippen LogP contribution in [0.15, 0.2) is 84.0 Å². The maximum atomic E-state index is 14.0. The second-order valence-electron chi connectivity index (χ2n) is 12.1. The van der Waals surface area contributed by atoms with Gasteiger partial charge in [-0.15, -0.1) is 0 Å². The molecule has 2 aliphatic heterocycles. The van der Waals surface area contributed by atoms with Crippen molar-refractivity contribution >= 4 is 29.1 Å². The van der Waals surface area contributed by atoms with Crippen molar-refractivity contribution in [3.05, 3.63) is 95.1 Å². The molecule has 0 bridgehead atoms. The van der Waals surface area contributed by atoms with E-state index in [1.165, 1.54) is 5.57 Å². The van der Waals surface area contributed by atoms with E-state index in [2.05, 4.69) is 25.2 Å². The van der Waals surface area contributed by atoms with Gasteiger partial charge in [-0.25, -0.2) is 0 Å². The van der Waals surface area contributed by atoms with Crippen molar-refractivity contribution in [2.75, 3.05) is 29.9 Å². The number of hydrogen-bond acceptors (Lipinski definition) is 5. The van der Waals surface area contributed by atoms with Gasteiger partial charge in [-0.05, 0) is 76.8 Å². The number of hydrogen-bond donors (Lipinski definition) is 3. The van der Waals surface area contributed by atoms with Crippen LogP contribution in [0.1, 0.15) is 75.7 Å². The Morgan fingerprint density at radius 1 is 1.11 bits per heavy atom. The van der Waals surface area contributed by atoms with E-state index in [-0.39, 0.29) is 30.9 Å². The van der Waals surface area contributed by atoms with Crippen LogP contribution in [0.3, 0.4) is 0 Å². The molecule has 2 aromatic carbocycles. The summed E-state index contributed by atoms with van der Waals surface area (Å²) in [4.78, 5) is 43.0. The topological polar surface area (TPSA) is 110 Å². The highest BCUT2D eigenvalue weighted by Crippen LogP contribution is 2.46. The molecule has 234 valence electrons. The first-order valence-corrected chi connectivity index (χ1v) is 15.5. The van der Waals surface area contributed by atoms with Crippen molar-refractivity contribution in [3.8, 4) is 0 Å². The van der Waals surface area contributed by atoms with Crippen LogP contribution < -0.4 is 10.2 Å². The van der Waals surface area contributed by atoms with E-state index in [4.69, 9.17) is 0 Å². The number of nitrogens with zero attached hydrogens (tertiary/aromatic N) is 2. The average molecular weight is 600 g/mol. The highest BCUT2D eigenvalue weighted by atomic mass is 16.3. The summed E-state index contributed by atoms with van der Waals surface area (Å²) < 4.78 is 0. The van der Waals surface area contributed by atoms with E-state index >= 15 is 0 Å². The summed E-state index contributed by atoms with van der Waals surface area (Å²) in [6, 6.07) is 13.9. The zero-order chi connectivity index (χ0) is 31.9. The van der Waals surface area contributed by atoms with Crippen molar-refractivity contribution < 1.29 is 24.6 Å². The molecule has 8 nitrogen and oxygen atoms in total. The summed E-state index contributed by atoms with van der Waals surface area (Å²) >= 11 is 0. The molecule has 1 saturated heterocycles. The molecule has 0 spiro atoms. The first kappa shape index (κ1) is 32.9. The van der Waals surface area contributed by atoms with Gasteiger partial charge in [0.1, 0.15) is 0 Å². The third-order valence-electron chi connectivity index (χ3n) is 8.56. The average Bonchev–Trinajstić information content (AvgIpc) is 3.57. The van der Waals surface area contributed by atoms with Crippen molar-refractivity contribution in [2.45, 2.75) is 71.4 Å². The number of fused-ring (bicyclic) bond motifs is 1. The predicted molar refractivity (Wildman–Crippen MR) is 174 cm³/mol. The van der Waals surface area contributed by atoms with Gasteiger partial charge in [0.05, 0.1) is 18.3 Å². The van der Waals surface area contributed by atoms with Crippen LogP contribution in [-0.4, -0.2) is 58.6 Å². The molecule has 44 heavy (non-hydrogen) atoms. The van der Waals surface area contributed by atoms with Gasteiger partial charge in [-0.2, -0.15) is 0 Å². The Kier molecular flexibility index (Phi) is 10.9. The number of amides is 3. The number of aliphatic hydroxyl groups is 2. The van der Waals surface area contributed by atoms with E-state index in [9.17, 15) is 24.6 Å². The maximum absolute atomic E-state index is 14.0. The lowest BCUT2D eigenvalue weighted by atomic mass is 9.82. The fourth-order valence-electron chi connectivity index (χ4n) is 5.92. The monoisotopic (exact) mass is 599 g/mol. The van der Waals surface area contributed by atoms with Crippen LogP contribution in [0.4, 0.5) is 11.4 Å². The Labute approximate surface area is 260 Å². The molecule has 2 heterocycles. The van der Waals surface area contributed by atoms with Gasteiger partial charge in [-0.3, -0.25) is 14.4 Å². The second kappa shape index (κ2) is 14.6. The maximum Gasteiger partial charge on any atom is 0.264 e. The number of aliphatic hydroxyl groups excluding tert-OH is 1. The second-order valence-corrected chi connectivity index (χ2v) is 12.1. The number of carbonyl (C=O) groups is 3. The van der Waals surface area contributed by atoms with E-state index < -0.39 is 17.4 Å². The quantitative estimate of drug-likeness (QED) is 0.270. The number of benzene rings is 2. The Balaban J connectivity index is 1.59. The number of anilines is 2. The summed E-state index contributed by atoms with van der Waals surface area (Å²) in [6.07, 6.45) is 11.2. The van der Waals surface area contributed by atoms with Gasteiger partial charge < -0.3 is 25.3 Å². The molecule has 3 atom stereocenters. The van der Waals surface area contributed by atoms with Gasteiger partial charge in [0, 0.05) is 42.2 Å². The molecule has 0 radical (unpaired) electrons. The Morgan fingerprint density at radius 3 is 2.57 bits per heavy atom. The summed E-state index contributed by atoms with van der Waals surface area (Å²) in [5, 5.41) is 24.6. The van der Waals surface area contributed by atoms with Gasteiger partial charge in [0.15, 0.2) is 5.60 Å². The SMILES string of the molecule is CC(C)=CCC/C(C)=C/CN1C(=O)[C@](O)([C@H](C)/C=C/CC(=O)N2CCC[C@H]2CO)c2cc(NC(=O)c3ccccc3)ccc21. The summed E-state index contributed by atoms with van der Waals surface area (Å²) in [6.45, 7) is 8.81. The number of nitrogens with one attached hydrogen (secondary N) is 1. The third-order valence-corrected chi connectivity index (χ3v) is 8.56. The van der Waals surface area contributed by atoms with Crippen LogP contribution in [0.2, 0.25) is 0 Å². The normalized spacial score (nSPS) is 20.6. The molecule has 0 saturated carbocycles. The summed E-state index contributed by atoms with van der Waals surface area (Å²) in [7, 11) is 0. The van der Waals surface area contributed by atoms with Crippen LogP contribution in [-0.2, 0) is 15.2 Å². The van der Waals surface area contributed by atoms with Crippen LogP contribution in [0.25, 0.3) is 0 Å². The summed E-state index contributed by atoms with van der Waals surface area (Å²) in [5.41, 5.74) is 2.47. The highest BCUT2D eigenvalue weighted by Gasteiger charge is 2.52. The fraction of sp³-hybridized carbons (Fsp3) is 0.417. The van der Waals surface area contributed by atoms with Crippen molar-refractivity contribution in [1.29, 1.82) is 0 Å². The molecule has 0 aliphatic carbocycles. The number of likely N-dealkylation sites (tertiary alicyclic amines) is 1. The molecule has 3 N–H and O–H groups in total. The standard InChI is InChI=1S/C36H45N3O5/c1-25(2)11-8-12-26(3)20-22-39-32-19-18-29(37-34(42)28-14-6-5-7-15-28)23-31(32)36(44,35(39)43)27(4)13-9-17-33(41)38-21-10-16-30(38)24-40/h5-7,9,11,13-15,18-20,23,27,30,40,44H,8,10,12,16-17,21-22,24H2,1-4H3,(H,37,42)/b13-9+,26-20+/t27-,30+,36+/m1/s1. The van der Waals surface area contributed by atoms with Crippen molar-refractivity contribution in [2.24, 2.45) is 5.92 Å². The molecular weight excluding hydrogens is 554 g/mol. The molecule has 2 aliphatic rings. The lowest BCUT2D eigenvalue weighted by molar-refractivity contribution is -0.139. The zero-order valence-electron chi connectivity index (χ0n) is 26.3. The van der Waals surface area contributed by atoms with Gasteiger partial charge in [-0.1, -0.05) is 60.6 Å². The number of allylic oxidation sites excluding steroid dienone is 3. The fourth-order valence-corrected chi connectivity index (χ4v) is 5.92. The molecule has 0 aromatic heterocycles. The Bertz CT molecular complexity index is 1440. The summed E-state index contributed by atoms with van der Waals surface area (Å²) in [5.74, 6) is -1.49. The first-order chi connectivity index (χ1) is 21.1. The minimum Gasteiger partial charge on any atom is -0.394 e. The molecule has 2 aromatic rings. The Hall–Kier alpha value is -4.01. The van der Waals surface area contributed by atoms with Gasteiger partial charge in [0.2, 0.25) is 5.91 Å². The minimum absolute atomic E-state index is 0.0568. The van der Waals surface area contributed by atoms with E-state index in [1.54, 1.807) is 71.3 Å². The van der Waals surface area contributed by atoms with Crippen LogP contribution in [0.5, 0.6) is 0 Å². The van der Waals surface area contributed by atoms with Crippen molar-refractivity contribution in [1.82, 2.24) is 4.90 Å². The molecule has 1 fully saturated rings. The molecule has 0 unspecified atom stereocenters. The lowest BCUT2D eigenvalue weighted by Gasteiger charge is -2.28. The molecule has 4 rings (SSSR count). The van der Waals surface area contributed by atoms with Crippen LogP contribution in [0, 0.1) is 5.92 Å². The molecular formula is C36H45N3O5. The smallest absolute Gasteiger partial charge is 0.264 e. The number of carbonyl (C=O) groups excluding carboxylic acids is 3. The number of rotatable bonds is 12. The molecule has 8 heteroatoms. The van der Waals surface area contributed by atoms with Gasteiger partial charge in [0.25, 0.3) is 11.8 Å². The highest BCUT2D eigenvalue weighted by molar-refractivity contribution is 6.09. The zero-order valence-corrected chi connectivity index (χ0v) is 26.3. The van der Waals surface area contributed by atoms with Gasteiger partial charge >= 0.3 is 0 Å².